The maximum atomic E-state index is 12.3. The molecule has 2 aromatic rings. The summed E-state index contributed by atoms with van der Waals surface area (Å²) in [7, 11) is 1.72. The molecule has 0 bridgehead atoms. The Hall–Kier alpha value is -2.34. The second kappa shape index (κ2) is 7.97. The number of hydrogen-bond acceptors (Lipinski definition) is 3. The molecule has 24 heavy (non-hydrogen) atoms. The van der Waals surface area contributed by atoms with Gasteiger partial charge in [-0.25, -0.2) is 0 Å². The molecule has 126 valence electrons. The van der Waals surface area contributed by atoms with Crippen molar-refractivity contribution in [1.82, 2.24) is 0 Å². The Morgan fingerprint density at radius 1 is 1.08 bits per heavy atom. The van der Waals surface area contributed by atoms with Gasteiger partial charge in [0.15, 0.2) is 0 Å². The first-order valence-corrected chi connectivity index (χ1v) is 8.33. The first kappa shape index (κ1) is 18.0. The molecule has 0 spiro atoms. The van der Waals surface area contributed by atoms with E-state index in [1.54, 1.807) is 18.9 Å². The van der Waals surface area contributed by atoms with Gasteiger partial charge in [-0.05, 0) is 49.4 Å². The van der Waals surface area contributed by atoms with Crippen molar-refractivity contribution in [2.75, 3.05) is 22.6 Å². The van der Waals surface area contributed by atoms with E-state index in [1.807, 2.05) is 48.5 Å². The van der Waals surface area contributed by atoms with Crippen LogP contribution in [0.25, 0.3) is 0 Å². The molecule has 1 unspecified atom stereocenters. The van der Waals surface area contributed by atoms with E-state index in [2.05, 4.69) is 26.6 Å². The Morgan fingerprint density at radius 3 is 2.33 bits per heavy atom. The van der Waals surface area contributed by atoms with Crippen LogP contribution < -0.4 is 15.5 Å². The molecule has 0 fully saturated rings. The van der Waals surface area contributed by atoms with Gasteiger partial charge < -0.3 is 15.5 Å². The summed E-state index contributed by atoms with van der Waals surface area (Å²) < 4.78 is 0.908. The van der Waals surface area contributed by atoms with Crippen LogP contribution >= 0.6 is 15.9 Å². The molecule has 6 heteroatoms. The highest BCUT2D eigenvalue weighted by Crippen LogP contribution is 2.19. The zero-order chi connectivity index (χ0) is 17.7. The number of carbonyl (C=O) groups is 2. The highest BCUT2D eigenvalue weighted by Gasteiger charge is 2.13. The smallest absolute Gasteiger partial charge is 0.246 e. The fourth-order valence-corrected chi connectivity index (χ4v) is 2.49. The van der Waals surface area contributed by atoms with Crippen LogP contribution in [0.15, 0.2) is 53.0 Å². The van der Waals surface area contributed by atoms with Gasteiger partial charge in [-0.1, -0.05) is 22.0 Å². The van der Waals surface area contributed by atoms with Gasteiger partial charge in [-0.2, -0.15) is 0 Å². The van der Waals surface area contributed by atoms with E-state index in [-0.39, 0.29) is 11.8 Å². The number of anilines is 3. The molecule has 2 N–H and O–H groups in total. The van der Waals surface area contributed by atoms with Crippen LogP contribution in [-0.2, 0) is 9.59 Å². The summed E-state index contributed by atoms with van der Waals surface area (Å²) in [6, 6.07) is 14.4. The first-order chi connectivity index (χ1) is 11.4. The van der Waals surface area contributed by atoms with E-state index < -0.39 is 6.04 Å². The number of benzene rings is 2. The van der Waals surface area contributed by atoms with E-state index in [1.165, 1.54) is 6.92 Å². The molecule has 0 heterocycles. The molecule has 0 radical (unpaired) electrons. The predicted octanol–water partition coefficient (Wildman–Crippen LogP) is 3.87. The second-order valence-corrected chi connectivity index (χ2v) is 6.41. The summed E-state index contributed by atoms with van der Waals surface area (Å²) in [5.41, 5.74) is 2.35. The van der Waals surface area contributed by atoms with Gasteiger partial charge in [0.25, 0.3) is 0 Å². The van der Waals surface area contributed by atoms with Gasteiger partial charge in [-0.3, -0.25) is 9.59 Å². The number of carbonyl (C=O) groups excluding carboxylic acids is 2. The summed E-state index contributed by atoms with van der Waals surface area (Å²) in [5, 5.41) is 6.01. The van der Waals surface area contributed by atoms with Crippen molar-refractivity contribution in [2.24, 2.45) is 0 Å². The third-order valence-electron chi connectivity index (χ3n) is 3.60. The lowest BCUT2D eigenvalue weighted by atomic mass is 10.2. The average Bonchev–Trinajstić information content (AvgIpc) is 2.54. The number of nitrogens with one attached hydrogen (secondary N) is 2. The standard InChI is InChI=1S/C18H20BrN3O2/c1-12(18(24)21-16-6-4-5-14(19)11-16)20-15-7-9-17(10-8-15)22(3)13(2)23/h4-12,20H,1-3H3,(H,21,24). The van der Waals surface area contributed by atoms with Crippen molar-refractivity contribution in [3.05, 3.63) is 53.0 Å². The van der Waals surface area contributed by atoms with Crippen molar-refractivity contribution < 1.29 is 9.59 Å². The number of hydrogen-bond donors (Lipinski definition) is 2. The molecule has 1 atom stereocenters. The number of halogens is 1. The van der Waals surface area contributed by atoms with Crippen molar-refractivity contribution in [1.29, 1.82) is 0 Å². The molecule has 5 nitrogen and oxygen atoms in total. The zero-order valence-electron chi connectivity index (χ0n) is 13.8. The topological polar surface area (TPSA) is 61.4 Å². The maximum Gasteiger partial charge on any atom is 0.246 e. The summed E-state index contributed by atoms with van der Waals surface area (Å²) in [6.07, 6.45) is 0. The summed E-state index contributed by atoms with van der Waals surface area (Å²) in [6.45, 7) is 3.31. The highest BCUT2D eigenvalue weighted by molar-refractivity contribution is 9.10. The number of amides is 2. The molecular weight excluding hydrogens is 370 g/mol. The average molecular weight is 390 g/mol. The lowest BCUT2D eigenvalue weighted by Gasteiger charge is -2.18. The summed E-state index contributed by atoms with van der Waals surface area (Å²) >= 11 is 3.38. The Morgan fingerprint density at radius 2 is 1.75 bits per heavy atom. The lowest BCUT2D eigenvalue weighted by Crippen LogP contribution is -2.31. The molecule has 0 aromatic heterocycles. The van der Waals surface area contributed by atoms with Gasteiger partial charge in [0.05, 0.1) is 0 Å². The highest BCUT2D eigenvalue weighted by atomic mass is 79.9. The fourth-order valence-electron chi connectivity index (χ4n) is 2.10. The Balaban J connectivity index is 1.97. The van der Waals surface area contributed by atoms with Crippen LogP contribution in [0, 0.1) is 0 Å². The third-order valence-corrected chi connectivity index (χ3v) is 4.09. The van der Waals surface area contributed by atoms with Crippen LogP contribution in [0.5, 0.6) is 0 Å². The van der Waals surface area contributed by atoms with Crippen molar-refractivity contribution in [3.63, 3.8) is 0 Å². The van der Waals surface area contributed by atoms with Crippen molar-refractivity contribution in [2.45, 2.75) is 19.9 Å². The SMILES string of the molecule is CC(=O)N(C)c1ccc(NC(C)C(=O)Nc2cccc(Br)c2)cc1. The summed E-state index contributed by atoms with van der Waals surface area (Å²) in [4.78, 5) is 25.2. The number of rotatable bonds is 5. The fraction of sp³-hybridized carbons (Fsp3) is 0.222. The minimum absolute atomic E-state index is 0.0301. The van der Waals surface area contributed by atoms with Gasteiger partial charge in [0.2, 0.25) is 11.8 Å². The largest absolute Gasteiger partial charge is 0.374 e. The molecule has 2 rings (SSSR count). The van der Waals surface area contributed by atoms with E-state index in [4.69, 9.17) is 0 Å². The zero-order valence-corrected chi connectivity index (χ0v) is 15.4. The van der Waals surface area contributed by atoms with Gasteiger partial charge in [0.1, 0.15) is 6.04 Å². The van der Waals surface area contributed by atoms with Crippen molar-refractivity contribution >= 4 is 44.8 Å². The third kappa shape index (κ3) is 4.83. The molecule has 0 aliphatic rings. The van der Waals surface area contributed by atoms with Crippen LogP contribution in [0.2, 0.25) is 0 Å². The van der Waals surface area contributed by atoms with Crippen LogP contribution in [0.1, 0.15) is 13.8 Å². The Bertz CT molecular complexity index is 731. The van der Waals surface area contributed by atoms with Gasteiger partial charge in [0, 0.05) is 35.5 Å². The van der Waals surface area contributed by atoms with Crippen molar-refractivity contribution in [3.8, 4) is 0 Å². The first-order valence-electron chi connectivity index (χ1n) is 7.54. The molecule has 0 aliphatic carbocycles. The predicted molar refractivity (Wildman–Crippen MR) is 101 cm³/mol. The van der Waals surface area contributed by atoms with E-state index in [9.17, 15) is 9.59 Å². The van der Waals surface area contributed by atoms with E-state index >= 15 is 0 Å². The molecule has 0 saturated heterocycles. The van der Waals surface area contributed by atoms with Crippen LogP contribution in [0.3, 0.4) is 0 Å². The van der Waals surface area contributed by atoms with E-state index in [0.717, 1.165) is 21.5 Å². The summed E-state index contributed by atoms with van der Waals surface area (Å²) in [5.74, 6) is -0.157. The van der Waals surface area contributed by atoms with E-state index in [0.29, 0.717) is 0 Å². The Kier molecular flexibility index (Phi) is 5.98. The second-order valence-electron chi connectivity index (χ2n) is 5.49. The molecule has 0 saturated carbocycles. The van der Waals surface area contributed by atoms with Crippen LogP contribution in [0.4, 0.5) is 17.1 Å². The van der Waals surface area contributed by atoms with Crippen LogP contribution in [-0.4, -0.2) is 24.9 Å². The molecule has 0 aliphatic heterocycles. The quantitative estimate of drug-likeness (QED) is 0.815. The lowest BCUT2D eigenvalue weighted by molar-refractivity contribution is -0.117. The monoisotopic (exact) mass is 389 g/mol. The minimum Gasteiger partial charge on any atom is -0.374 e. The number of nitrogens with zero attached hydrogens (tertiary/aromatic N) is 1. The van der Waals surface area contributed by atoms with Gasteiger partial charge in [-0.15, -0.1) is 0 Å². The molecular formula is C18H20BrN3O2. The molecule has 2 amide bonds. The Labute approximate surface area is 150 Å². The van der Waals surface area contributed by atoms with Gasteiger partial charge >= 0.3 is 0 Å². The minimum atomic E-state index is -0.402. The normalized spacial score (nSPS) is 11.5. The maximum absolute atomic E-state index is 12.3. The molecule has 2 aromatic carbocycles.